The Balaban J connectivity index is 1.72. The number of anilines is 2. The van der Waals surface area contributed by atoms with Crippen LogP contribution in [-0.2, 0) is 4.79 Å². The van der Waals surface area contributed by atoms with Gasteiger partial charge in [-0.25, -0.2) is 9.97 Å². The Morgan fingerprint density at radius 1 is 1.21 bits per heavy atom. The Hall–Kier alpha value is -1.71. The van der Waals surface area contributed by atoms with Gasteiger partial charge in [0.15, 0.2) is 10.8 Å². The quantitative estimate of drug-likeness (QED) is 0.335. The van der Waals surface area contributed by atoms with E-state index >= 15 is 0 Å². The van der Waals surface area contributed by atoms with E-state index < -0.39 is 0 Å². The molecule has 0 saturated heterocycles. The van der Waals surface area contributed by atoms with Crippen molar-refractivity contribution in [3.63, 3.8) is 0 Å². The zero-order valence-corrected chi connectivity index (χ0v) is 19.0. The average Bonchev–Trinajstić information content (AvgIpc) is 3.13. The standard InChI is InChI=1S/C19H22BrN5OS2/c1-3-9-25(10-4-2)19-24-17-16(28-19)18(22-12-21-17)27-11-15(26)23-14-8-6-5-7-13(14)20/h5-8,12H,3-4,9-11H2,1-2H3,(H,23,26). The molecule has 1 amide bonds. The van der Waals surface area contributed by atoms with Crippen LogP contribution in [0.25, 0.3) is 10.3 Å². The molecule has 9 heteroatoms. The number of para-hydroxylation sites is 1. The number of hydrogen-bond acceptors (Lipinski definition) is 7. The highest BCUT2D eigenvalue weighted by Crippen LogP contribution is 2.34. The number of nitrogens with one attached hydrogen (secondary N) is 1. The fourth-order valence-corrected chi connectivity index (χ4v) is 5.01. The van der Waals surface area contributed by atoms with Crippen LogP contribution in [0.2, 0.25) is 0 Å². The first kappa shape index (κ1) is 21.0. The maximum Gasteiger partial charge on any atom is 0.234 e. The van der Waals surface area contributed by atoms with Crippen molar-refractivity contribution in [1.82, 2.24) is 15.0 Å². The number of thioether (sulfide) groups is 1. The maximum atomic E-state index is 12.3. The predicted octanol–water partition coefficient (Wildman–Crippen LogP) is 5.21. The second kappa shape index (κ2) is 10.2. The number of benzene rings is 1. The SMILES string of the molecule is CCCN(CCC)c1nc2ncnc(SCC(=O)Nc3ccccc3Br)c2s1. The molecule has 0 aliphatic heterocycles. The van der Waals surface area contributed by atoms with Crippen LogP contribution in [0.4, 0.5) is 10.8 Å². The van der Waals surface area contributed by atoms with Crippen molar-refractivity contribution in [2.75, 3.05) is 29.1 Å². The van der Waals surface area contributed by atoms with Crippen LogP contribution in [-0.4, -0.2) is 39.7 Å². The van der Waals surface area contributed by atoms with Crippen molar-refractivity contribution in [3.05, 3.63) is 35.1 Å². The summed E-state index contributed by atoms with van der Waals surface area (Å²) < 4.78 is 1.80. The van der Waals surface area contributed by atoms with E-state index in [2.05, 4.69) is 50.0 Å². The second-order valence-corrected chi connectivity index (χ2v) is 8.93. The number of halogens is 1. The number of nitrogens with zero attached hydrogens (tertiary/aromatic N) is 4. The van der Waals surface area contributed by atoms with E-state index in [1.807, 2.05) is 24.3 Å². The van der Waals surface area contributed by atoms with Gasteiger partial charge >= 0.3 is 0 Å². The normalized spacial score (nSPS) is 11.0. The minimum Gasteiger partial charge on any atom is -0.348 e. The van der Waals surface area contributed by atoms with Crippen LogP contribution in [0.5, 0.6) is 0 Å². The molecule has 0 saturated carbocycles. The summed E-state index contributed by atoms with van der Waals surface area (Å²) in [7, 11) is 0. The first-order valence-electron chi connectivity index (χ1n) is 9.16. The fraction of sp³-hybridized carbons (Fsp3) is 0.368. The summed E-state index contributed by atoms with van der Waals surface area (Å²) in [6.45, 7) is 6.28. The average molecular weight is 480 g/mol. The Bertz CT molecular complexity index is 943. The van der Waals surface area contributed by atoms with Gasteiger partial charge in [0.1, 0.15) is 16.1 Å². The molecular weight excluding hydrogens is 458 g/mol. The molecule has 0 spiro atoms. The van der Waals surface area contributed by atoms with Gasteiger partial charge in [0.25, 0.3) is 0 Å². The smallest absolute Gasteiger partial charge is 0.234 e. The molecule has 148 valence electrons. The predicted molar refractivity (Wildman–Crippen MR) is 122 cm³/mol. The summed E-state index contributed by atoms with van der Waals surface area (Å²) >= 11 is 6.45. The third-order valence-corrected chi connectivity index (χ3v) is 6.82. The van der Waals surface area contributed by atoms with Crippen molar-refractivity contribution < 1.29 is 4.79 Å². The lowest BCUT2D eigenvalue weighted by Gasteiger charge is -2.19. The van der Waals surface area contributed by atoms with Gasteiger partial charge in [-0.2, -0.15) is 4.98 Å². The summed E-state index contributed by atoms with van der Waals surface area (Å²) in [5.74, 6) is 0.195. The summed E-state index contributed by atoms with van der Waals surface area (Å²) in [4.78, 5) is 28.0. The zero-order valence-electron chi connectivity index (χ0n) is 15.8. The molecule has 1 N–H and O–H groups in total. The second-order valence-electron chi connectivity index (χ2n) is 6.13. The Kier molecular flexibility index (Phi) is 7.64. The minimum atomic E-state index is -0.0769. The number of carbonyl (C=O) groups excluding carboxylic acids is 1. The Morgan fingerprint density at radius 3 is 2.68 bits per heavy atom. The molecule has 0 aliphatic carbocycles. The van der Waals surface area contributed by atoms with Crippen LogP contribution >= 0.6 is 39.0 Å². The number of fused-ring (bicyclic) bond motifs is 1. The first-order valence-corrected chi connectivity index (χ1v) is 11.8. The van der Waals surface area contributed by atoms with Crippen LogP contribution in [0, 0.1) is 0 Å². The summed E-state index contributed by atoms with van der Waals surface area (Å²) in [6, 6.07) is 7.56. The van der Waals surface area contributed by atoms with Gasteiger partial charge in [0.05, 0.1) is 11.4 Å². The van der Waals surface area contributed by atoms with Crippen LogP contribution in [0.1, 0.15) is 26.7 Å². The van der Waals surface area contributed by atoms with Gasteiger partial charge in [-0.3, -0.25) is 4.79 Å². The zero-order chi connectivity index (χ0) is 19.9. The Labute approximate surface area is 181 Å². The molecule has 3 rings (SSSR count). The number of amides is 1. The molecular formula is C19H22BrN5OS2. The van der Waals surface area contributed by atoms with E-state index in [-0.39, 0.29) is 11.7 Å². The highest BCUT2D eigenvalue weighted by Gasteiger charge is 2.16. The van der Waals surface area contributed by atoms with Crippen LogP contribution < -0.4 is 10.2 Å². The van der Waals surface area contributed by atoms with Gasteiger partial charge in [-0.1, -0.05) is 49.1 Å². The molecule has 2 heterocycles. The van der Waals surface area contributed by atoms with Crippen LogP contribution in [0.3, 0.4) is 0 Å². The highest BCUT2D eigenvalue weighted by atomic mass is 79.9. The lowest BCUT2D eigenvalue weighted by Crippen LogP contribution is -2.24. The highest BCUT2D eigenvalue weighted by molar-refractivity contribution is 9.10. The van der Waals surface area contributed by atoms with Crippen LogP contribution in [0.15, 0.2) is 40.1 Å². The molecule has 6 nitrogen and oxygen atoms in total. The van der Waals surface area contributed by atoms with E-state index in [0.29, 0.717) is 5.65 Å². The molecule has 0 unspecified atom stereocenters. The van der Waals surface area contributed by atoms with Gasteiger partial charge in [0.2, 0.25) is 5.91 Å². The van der Waals surface area contributed by atoms with E-state index in [1.165, 1.54) is 18.1 Å². The third kappa shape index (κ3) is 5.21. The molecule has 0 fully saturated rings. The molecule has 1 aromatic carbocycles. The number of carbonyl (C=O) groups is 1. The molecule has 0 radical (unpaired) electrons. The minimum absolute atomic E-state index is 0.0769. The summed E-state index contributed by atoms with van der Waals surface area (Å²) in [5.41, 5.74) is 1.46. The van der Waals surface area contributed by atoms with E-state index in [9.17, 15) is 4.79 Å². The largest absolute Gasteiger partial charge is 0.348 e. The summed E-state index contributed by atoms with van der Waals surface area (Å²) in [6.07, 6.45) is 3.65. The number of thiazole rings is 1. The van der Waals surface area contributed by atoms with E-state index in [0.717, 1.165) is 50.9 Å². The van der Waals surface area contributed by atoms with Crippen molar-refractivity contribution in [2.45, 2.75) is 31.7 Å². The molecule has 3 aromatic rings. The van der Waals surface area contributed by atoms with E-state index in [4.69, 9.17) is 4.98 Å². The summed E-state index contributed by atoms with van der Waals surface area (Å²) in [5, 5.41) is 4.68. The van der Waals surface area contributed by atoms with Crippen molar-refractivity contribution in [1.29, 1.82) is 0 Å². The molecule has 0 atom stereocenters. The maximum absolute atomic E-state index is 12.3. The topological polar surface area (TPSA) is 71.0 Å². The number of aromatic nitrogens is 3. The third-order valence-electron chi connectivity index (χ3n) is 3.89. The van der Waals surface area contributed by atoms with Gasteiger partial charge < -0.3 is 10.2 Å². The van der Waals surface area contributed by atoms with Gasteiger partial charge in [0, 0.05) is 17.6 Å². The Morgan fingerprint density at radius 2 is 1.96 bits per heavy atom. The monoisotopic (exact) mass is 479 g/mol. The lowest BCUT2D eigenvalue weighted by molar-refractivity contribution is -0.113. The molecule has 28 heavy (non-hydrogen) atoms. The van der Waals surface area contributed by atoms with Gasteiger partial charge in [-0.05, 0) is 40.9 Å². The molecule has 0 aliphatic rings. The lowest BCUT2D eigenvalue weighted by atomic mass is 10.3. The first-order chi connectivity index (χ1) is 13.6. The van der Waals surface area contributed by atoms with Crippen molar-refractivity contribution in [3.8, 4) is 0 Å². The van der Waals surface area contributed by atoms with E-state index in [1.54, 1.807) is 11.3 Å². The van der Waals surface area contributed by atoms with Crippen molar-refractivity contribution >= 4 is 66.1 Å². The van der Waals surface area contributed by atoms with Crippen molar-refractivity contribution in [2.24, 2.45) is 0 Å². The number of hydrogen-bond donors (Lipinski definition) is 1. The molecule has 2 aromatic heterocycles. The van der Waals surface area contributed by atoms with Gasteiger partial charge in [-0.15, -0.1) is 0 Å². The molecule has 0 bridgehead atoms. The fourth-order valence-electron chi connectivity index (χ4n) is 2.69. The number of rotatable bonds is 9.